The largest absolute Gasteiger partial charge is 0.497 e. The first-order chi connectivity index (χ1) is 10.6. The Labute approximate surface area is 132 Å². The van der Waals surface area contributed by atoms with Gasteiger partial charge in [-0.3, -0.25) is 10.1 Å². The van der Waals surface area contributed by atoms with E-state index in [0.717, 1.165) is 16.0 Å². The maximum Gasteiger partial charge on any atom is 0.257 e. The molecule has 5 heteroatoms. The molecule has 112 valence electrons. The zero-order chi connectivity index (χ0) is 15.7. The quantitative estimate of drug-likeness (QED) is 0.789. The van der Waals surface area contributed by atoms with E-state index in [0.29, 0.717) is 10.7 Å². The maximum absolute atomic E-state index is 12.3. The molecule has 0 aliphatic heterocycles. The minimum Gasteiger partial charge on any atom is -0.497 e. The Balaban J connectivity index is 1.85. The van der Waals surface area contributed by atoms with E-state index in [9.17, 15) is 4.79 Å². The number of methoxy groups -OCH3 is 1. The lowest BCUT2D eigenvalue weighted by Crippen LogP contribution is -2.11. The lowest BCUT2D eigenvalue weighted by molar-refractivity contribution is 0.102. The molecule has 0 saturated heterocycles. The first-order valence-electron chi connectivity index (χ1n) is 6.90. The van der Waals surface area contributed by atoms with E-state index >= 15 is 0 Å². The van der Waals surface area contributed by atoms with Crippen molar-refractivity contribution >= 4 is 32.6 Å². The van der Waals surface area contributed by atoms with Gasteiger partial charge < -0.3 is 4.74 Å². The number of thiazole rings is 1. The highest BCUT2D eigenvalue weighted by atomic mass is 32.1. The Kier molecular flexibility index (Phi) is 3.81. The summed E-state index contributed by atoms with van der Waals surface area (Å²) in [5.74, 6) is 0.554. The molecule has 0 saturated carbocycles. The predicted molar refractivity (Wildman–Crippen MR) is 90.0 cm³/mol. The van der Waals surface area contributed by atoms with Crippen molar-refractivity contribution in [3.05, 3.63) is 53.1 Å². The highest BCUT2D eigenvalue weighted by molar-refractivity contribution is 7.22. The number of carbonyl (C=O) groups excluding carboxylic acids is 1. The van der Waals surface area contributed by atoms with E-state index in [-0.39, 0.29) is 5.91 Å². The zero-order valence-corrected chi connectivity index (χ0v) is 13.5. The molecule has 0 unspecified atom stereocenters. The Morgan fingerprint density at radius 3 is 2.59 bits per heavy atom. The van der Waals surface area contributed by atoms with E-state index in [1.807, 2.05) is 13.0 Å². The Bertz CT molecular complexity index is 838. The van der Waals surface area contributed by atoms with Gasteiger partial charge in [0.25, 0.3) is 5.91 Å². The first kappa shape index (κ1) is 14.5. The highest BCUT2D eigenvalue weighted by Crippen LogP contribution is 2.30. The third-order valence-electron chi connectivity index (χ3n) is 3.39. The van der Waals surface area contributed by atoms with Crippen molar-refractivity contribution in [2.45, 2.75) is 13.8 Å². The number of hydrogen-bond donors (Lipinski definition) is 1. The monoisotopic (exact) mass is 312 g/mol. The molecule has 0 aliphatic rings. The molecule has 22 heavy (non-hydrogen) atoms. The van der Waals surface area contributed by atoms with Crippen LogP contribution in [0.2, 0.25) is 0 Å². The molecular formula is C17H16N2O2S. The fourth-order valence-corrected chi connectivity index (χ4v) is 3.25. The summed E-state index contributed by atoms with van der Waals surface area (Å²) < 4.78 is 6.20. The molecule has 0 aliphatic carbocycles. The number of rotatable bonds is 3. The van der Waals surface area contributed by atoms with Gasteiger partial charge >= 0.3 is 0 Å². The summed E-state index contributed by atoms with van der Waals surface area (Å²) in [6, 6.07) is 11.1. The van der Waals surface area contributed by atoms with E-state index in [4.69, 9.17) is 4.74 Å². The summed E-state index contributed by atoms with van der Waals surface area (Å²) in [5.41, 5.74) is 3.85. The molecule has 3 rings (SSSR count). The topological polar surface area (TPSA) is 51.2 Å². The predicted octanol–water partition coefficient (Wildman–Crippen LogP) is 4.17. The molecule has 0 spiro atoms. The number of aryl methyl sites for hydroxylation is 2. The van der Waals surface area contributed by atoms with Gasteiger partial charge in [-0.25, -0.2) is 4.98 Å². The number of nitrogens with one attached hydrogen (secondary N) is 1. The summed E-state index contributed by atoms with van der Waals surface area (Å²) in [6.07, 6.45) is 0. The van der Waals surface area contributed by atoms with Gasteiger partial charge in [-0.15, -0.1) is 0 Å². The number of anilines is 1. The van der Waals surface area contributed by atoms with Crippen molar-refractivity contribution < 1.29 is 9.53 Å². The van der Waals surface area contributed by atoms with E-state index in [2.05, 4.69) is 23.3 Å². The summed E-state index contributed by atoms with van der Waals surface area (Å²) in [7, 11) is 1.60. The van der Waals surface area contributed by atoms with E-state index in [1.165, 1.54) is 22.5 Å². The highest BCUT2D eigenvalue weighted by Gasteiger charge is 2.11. The van der Waals surface area contributed by atoms with Crippen LogP contribution >= 0.6 is 11.3 Å². The van der Waals surface area contributed by atoms with Crippen LogP contribution in [0.15, 0.2) is 36.4 Å². The van der Waals surface area contributed by atoms with Crippen LogP contribution in [0.5, 0.6) is 5.75 Å². The van der Waals surface area contributed by atoms with Gasteiger partial charge in [0.05, 0.1) is 17.3 Å². The molecule has 4 nitrogen and oxygen atoms in total. The number of fused-ring (bicyclic) bond motifs is 1. The van der Waals surface area contributed by atoms with Gasteiger partial charge in [-0.05, 0) is 55.3 Å². The molecule has 0 fully saturated rings. The zero-order valence-electron chi connectivity index (χ0n) is 12.6. The number of carbonyl (C=O) groups is 1. The molecule has 1 amide bonds. The Hall–Kier alpha value is -2.40. The average Bonchev–Trinajstić information content (AvgIpc) is 2.90. The summed E-state index contributed by atoms with van der Waals surface area (Å²) >= 11 is 1.50. The summed E-state index contributed by atoms with van der Waals surface area (Å²) in [4.78, 5) is 16.8. The second kappa shape index (κ2) is 5.77. The van der Waals surface area contributed by atoms with Crippen LogP contribution in [0.1, 0.15) is 21.5 Å². The fraction of sp³-hybridized carbons (Fsp3) is 0.176. The van der Waals surface area contributed by atoms with E-state index in [1.54, 1.807) is 31.4 Å². The van der Waals surface area contributed by atoms with Crippen molar-refractivity contribution in [3.63, 3.8) is 0 Å². The number of aromatic nitrogens is 1. The standard InChI is InChI=1S/C17H16N2O2S/c1-10-8-11(2)15-14(9-10)18-17(22-15)19-16(20)12-4-6-13(21-3)7-5-12/h4-9H,1-3H3,(H,18,19,20). The SMILES string of the molecule is COc1ccc(C(=O)Nc2nc3cc(C)cc(C)c3s2)cc1. The fourth-order valence-electron chi connectivity index (χ4n) is 2.34. The number of nitrogens with zero attached hydrogens (tertiary/aromatic N) is 1. The average molecular weight is 312 g/mol. The summed E-state index contributed by atoms with van der Waals surface area (Å²) in [5, 5.41) is 3.47. The second-order valence-corrected chi connectivity index (χ2v) is 6.13. The molecule has 0 radical (unpaired) electrons. The van der Waals surface area contributed by atoms with Crippen molar-refractivity contribution in [2.75, 3.05) is 12.4 Å². The van der Waals surface area contributed by atoms with Crippen LogP contribution in [-0.2, 0) is 0 Å². The molecule has 1 aromatic heterocycles. The van der Waals surface area contributed by atoms with Crippen LogP contribution in [0.25, 0.3) is 10.2 Å². The normalized spacial score (nSPS) is 10.7. The second-order valence-electron chi connectivity index (χ2n) is 5.13. The lowest BCUT2D eigenvalue weighted by Gasteiger charge is -2.03. The van der Waals surface area contributed by atoms with Crippen molar-refractivity contribution in [2.24, 2.45) is 0 Å². The first-order valence-corrected chi connectivity index (χ1v) is 7.71. The molecular weight excluding hydrogens is 296 g/mol. The molecule has 1 heterocycles. The molecule has 0 atom stereocenters. The van der Waals surface area contributed by atoms with Crippen molar-refractivity contribution in [1.82, 2.24) is 4.98 Å². The summed E-state index contributed by atoms with van der Waals surface area (Å²) in [6.45, 7) is 4.10. The molecule has 1 N–H and O–H groups in total. The van der Waals surface area contributed by atoms with Crippen LogP contribution in [0, 0.1) is 13.8 Å². The lowest BCUT2D eigenvalue weighted by atomic mass is 10.1. The van der Waals surface area contributed by atoms with Gasteiger partial charge in [0.1, 0.15) is 5.75 Å². The molecule has 2 aromatic carbocycles. The third kappa shape index (κ3) is 2.80. The van der Waals surface area contributed by atoms with Crippen molar-refractivity contribution in [3.8, 4) is 5.75 Å². The molecule has 3 aromatic rings. The molecule has 0 bridgehead atoms. The maximum atomic E-state index is 12.3. The van der Waals surface area contributed by atoms with Gasteiger partial charge in [-0.1, -0.05) is 17.4 Å². The van der Waals surface area contributed by atoms with Crippen LogP contribution in [0.4, 0.5) is 5.13 Å². The van der Waals surface area contributed by atoms with Crippen LogP contribution < -0.4 is 10.1 Å². The number of hydrogen-bond acceptors (Lipinski definition) is 4. The third-order valence-corrected chi connectivity index (χ3v) is 4.51. The minimum absolute atomic E-state index is 0.170. The Morgan fingerprint density at radius 2 is 1.91 bits per heavy atom. The van der Waals surface area contributed by atoms with Gasteiger partial charge in [0, 0.05) is 5.56 Å². The van der Waals surface area contributed by atoms with Crippen LogP contribution in [-0.4, -0.2) is 18.0 Å². The van der Waals surface area contributed by atoms with Gasteiger partial charge in [0.15, 0.2) is 5.13 Å². The van der Waals surface area contributed by atoms with Crippen LogP contribution in [0.3, 0.4) is 0 Å². The Morgan fingerprint density at radius 1 is 1.18 bits per heavy atom. The number of amides is 1. The minimum atomic E-state index is -0.170. The van der Waals surface area contributed by atoms with E-state index < -0.39 is 0 Å². The number of ether oxygens (including phenoxy) is 1. The van der Waals surface area contributed by atoms with Crippen molar-refractivity contribution in [1.29, 1.82) is 0 Å². The number of benzene rings is 2. The van der Waals surface area contributed by atoms with Gasteiger partial charge in [-0.2, -0.15) is 0 Å². The smallest absolute Gasteiger partial charge is 0.257 e. The van der Waals surface area contributed by atoms with Gasteiger partial charge in [0.2, 0.25) is 0 Å².